The number of rotatable bonds is 7. The van der Waals surface area contributed by atoms with E-state index in [1.165, 1.54) is 17.4 Å². The summed E-state index contributed by atoms with van der Waals surface area (Å²) in [6, 6.07) is 12.6. The number of anilines is 2. The van der Waals surface area contributed by atoms with Gasteiger partial charge >= 0.3 is 5.97 Å². The lowest BCUT2D eigenvalue weighted by Crippen LogP contribution is -2.08. The van der Waals surface area contributed by atoms with Crippen LogP contribution in [0.4, 0.5) is 11.5 Å². The zero-order valence-electron chi connectivity index (χ0n) is 17.7. The van der Waals surface area contributed by atoms with Crippen molar-refractivity contribution in [3.05, 3.63) is 69.7 Å². The second-order valence-corrected chi connectivity index (χ2v) is 8.33. The molecule has 0 bridgehead atoms. The zero-order chi connectivity index (χ0) is 22.8. The molecule has 0 aliphatic rings. The minimum atomic E-state index is -1.08. The number of carbonyl (C=O) groups is 1. The van der Waals surface area contributed by atoms with Crippen LogP contribution in [0.1, 0.15) is 28.5 Å². The number of aromatic carboxylic acids is 1. The number of nitrogens with one attached hydrogen (secondary N) is 1. The lowest BCUT2D eigenvalue weighted by molar-refractivity contribution is 0.0698. The van der Waals surface area contributed by atoms with Crippen molar-refractivity contribution in [3.8, 4) is 22.1 Å². The minimum Gasteiger partial charge on any atom is -0.480 e. The average Bonchev–Trinajstić information content (AvgIpc) is 3.39. The molecule has 2 heterocycles. The van der Waals surface area contributed by atoms with E-state index in [2.05, 4.69) is 10.3 Å². The van der Waals surface area contributed by atoms with Crippen molar-refractivity contribution in [2.45, 2.75) is 20.3 Å². The SMILES string of the molecule is CCc1nn(-c2ccccc2C)c(Nc2ccc(Cl)cc2C(=O)O)c1-c1nc(OC)cs1. The molecule has 0 aliphatic carbocycles. The summed E-state index contributed by atoms with van der Waals surface area (Å²) in [7, 11) is 1.57. The van der Waals surface area contributed by atoms with Crippen LogP contribution < -0.4 is 10.1 Å². The molecular formula is C23H21ClN4O3S. The molecule has 2 aromatic carbocycles. The fraction of sp³-hybridized carbons (Fsp3) is 0.174. The number of para-hydroxylation sites is 1. The fourth-order valence-electron chi connectivity index (χ4n) is 3.42. The average molecular weight is 469 g/mol. The van der Waals surface area contributed by atoms with E-state index >= 15 is 0 Å². The Hall–Kier alpha value is -3.36. The molecule has 9 heteroatoms. The first-order chi connectivity index (χ1) is 15.4. The number of carboxylic acids is 1. The third kappa shape index (κ3) is 4.06. The highest BCUT2D eigenvalue weighted by molar-refractivity contribution is 7.13. The predicted molar refractivity (Wildman–Crippen MR) is 127 cm³/mol. The van der Waals surface area contributed by atoms with Crippen molar-refractivity contribution in [2.24, 2.45) is 0 Å². The van der Waals surface area contributed by atoms with Crippen molar-refractivity contribution in [2.75, 3.05) is 12.4 Å². The monoisotopic (exact) mass is 468 g/mol. The van der Waals surface area contributed by atoms with Gasteiger partial charge in [-0.2, -0.15) is 5.10 Å². The van der Waals surface area contributed by atoms with Gasteiger partial charge in [-0.05, 0) is 43.2 Å². The van der Waals surface area contributed by atoms with Gasteiger partial charge in [-0.15, -0.1) is 11.3 Å². The third-order valence-electron chi connectivity index (χ3n) is 5.01. The Morgan fingerprint density at radius 2 is 2.06 bits per heavy atom. The van der Waals surface area contributed by atoms with Gasteiger partial charge in [0.2, 0.25) is 5.88 Å². The Morgan fingerprint density at radius 3 is 2.72 bits per heavy atom. The van der Waals surface area contributed by atoms with Crippen LogP contribution in [-0.4, -0.2) is 33.0 Å². The Bertz CT molecular complexity index is 1300. The number of ether oxygens (including phenoxy) is 1. The summed E-state index contributed by atoms with van der Waals surface area (Å²) >= 11 is 7.49. The molecule has 4 rings (SSSR count). The summed E-state index contributed by atoms with van der Waals surface area (Å²) in [5, 5.41) is 20.8. The second-order valence-electron chi connectivity index (χ2n) is 7.04. The molecule has 0 aliphatic heterocycles. The van der Waals surface area contributed by atoms with E-state index in [-0.39, 0.29) is 5.56 Å². The van der Waals surface area contributed by atoms with Crippen LogP contribution in [0, 0.1) is 6.92 Å². The summed E-state index contributed by atoms with van der Waals surface area (Å²) in [5.41, 5.74) is 4.01. The van der Waals surface area contributed by atoms with Gasteiger partial charge in [0.1, 0.15) is 10.8 Å². The number of thiazole rings is 1. The van der Waals surface area contributed by atoms with Crippen LogP contribution in [0.5, 0.6) is 5.88 Å². The highest BCUT2D eigenvalue weighted by Crippen LogP contribution is 2.39. The molecule has 2 N–H and O–H groups in total. The maximum atomic E-state index is 11.9. The molecule has 32 heavy (non-hydrogen) atoms. The number of aryl methyl sites for hydroxylation is 2. The number of benzene rings is 2. The number of nitrogens with zero attached hydrogens (tertiary/aromatic N) is 3. The molecule has 0 saturated carbocycles. The first-order valence-corrected chi connectivity index (χ1v) is 11.2. The van der Waals surface area contributed by atoms with Crippen LogP contribution in [0.2, 0.25) is 5.02 Å². The normalized spacial score (nSPS) is 10.9. The molecule has 0 spiro atoms. The quantitative estimate of drug-likeness (QED) is 0.347. The maximum absolute atomic E-state index is 11.9. The highest BCUT2D eigenvalue weighted by atomic mass is 35.5. The number of hydrogen-bond donors (Lipinski definition) is 2. The molecule has 164 valence electrons. The Balaban J connectivity index is 1.98. The van der Waals surface area contributed by atoms with E-state index < -0.39 is 5.97 Å². The standard InChI is InChI=1S/C23H21ClN4O3S/c1-4-16-20(22-26-19(31-3)12-32-22)21(28(27-16)18-8-6-5-7-13(18)2)25-17-10-9-14(24)11-15(17)23(29)30/h5-12,25H,4H2,1-3H3,(H,29,30). The van der Waals surface area contributed by atoms with E-state index in [9.17, 15) is 9.90 Å². The van der Waals surface area contributed by atoms with Gasteiger partial charge in [-0.1, -0.05) is 36.7 Å². The van der Waals surface area contributed by atoms with Crippen LogP contribution in [0.3, 0.4) is 0 Å². The van der Waals surface area contributed by atoms with E-state index in [0.29, 0.717) is 28.8 Å². The van der Waals surface area contributed by atoms with Gasteiger partial charge in [0.25, 0.3) is 0 Å². The number of aromatic nitrogens is 3. The summed E-state index contributed by atoms with van der Waals surface area (Å²) in [6.45, 7) is 4.02. The van der Waals surface area contributed by atoms with Crippen LogP contribution >= 0.6 is 22.9 Å². The molecule has 0 saturated heterocycles. The number of halogens is 1. The molecule has 2 aromatic heterocycles. The molecule has 4 aromatic rings. The molecule has 0 atom stereocenters. The smallest absolute Gasteiger partial charge is 0.337 e. The first-order valence-electron chi connectivity index (χ1n) is 9.90. The molecule has 0 radical (unpaired) electrons. The Morgan fingerprint density at radius 1 is 1.28 bits per heavy atom. The van der Waals surface area contributed by atoms with E-state index in [1.807, 2.05) is 43.5 Å². The van der Waals surface area contributed by atoms with Crippen molar-refractivity contribution in [1.82, 2.24) is 14.8 Å². The maximum Gasteiger partial charge on any atom is 0.337 e. The largest absolute Gasteiger partial charge is 0.480 e. The lowest BCUT2D eigenvalue weighted by Gasteiger charge is -2.15. The van der Waals surface area contributed by atoms with Gasteiger partial charge in [0, 0.05) is 5.02 Å². The van der Waals surface area contributed by atoms with Gasteiger partial charge in [0.15, 0.2) is 0 Å². The van der Waals surface area contributed by atoms with Gasteiger partial charge in [-0.3, -0.25) is 0 Å². The predicted octanol–water partition coefficient (Wildman–Crippen LogP) is 5.97. The van der Waals surface area contributed by atoms with Crippen LogP contribution in [0.25, 0.3) is 16.3 Å². The van der Waals surface area contributed by atoms with Crippen molar-refractivity contribution >= 4 is 40.4 Å². The van der Waals surface area contributed by atoms with E-state index in [0.717, 1.165) is 27.5 Å². The summed E-state index contributed by atoms with van der Waals surface area (Å²) in [4.78, 5) is 16.5. The minimum absolute atomic E-state index is 0.0655. The molecule has 0 amide bonds. The summed E-state index contributed by atoms with van der Waals surface area (Å²) in [6.07, 6.45) is 0.664. The number of methoxy groups -OCH3 is 1. The molecular weight excluding hydrogens is 448 g/mol. The van der Waals surface area contributed by atoms with Gasteiger partial charge in [0.05, 0.1) is 40.7 Å². The number of hydrogen-bond acceptors (Lipinski definition) is 6. The third-order valence-corrected chi connectivity index (χ3v) is 6.08. The Kier molecular flexibility index (Phi) is 6.16. The van der Waals surface area contributed by atoms with E-state index in [1.54, 1.807) is 23.9 Å². The summed E-state index contributed by atoms with van der Waals surface area (Å²) in [5.74, 6) is 0.0578. The van der Waals surface area contributed by atoms with Crippen molar-refractivity contribution in [1.29, 1.82) is 0 Å². The molecule has 7 nitrogen and oxygen atoms in total. The van der Waals surface area contributed by atoms with Crippen molar-refractivity contribution in [3.63, 3.8) is 0 Å². The molecule has 0 fully saturated rings. The topological polar surface area (TPSA) is 89.3 Å². The van der Waals surface area contributed by atoms with Crippen LogP contribution in [-0.2, 0) is 6.42 Å². The highest BCUT2D eigenvalue weighted by Gasteiger charge is 2.24. The van der Waals surface area contributed by atoms with E-state index in [4.69, 9.17) is 21.4 Å². The first kappa shape index (κ1) is 21.9. The second kappa shape index (κ2) is 9.02. The van der Waals surface area contributed by atoms with Gasteiger partial charge in [-0.25, -0.2) is 14.5 Å². The fourth-order valence-corrected chi connectivity index (χ4v) is 4.43. The Labute approximate surface area is 194 Å². The zero-order valence-corrected chi connectivity index (χ0v) is 19.3. The van der Waals surface area contributed by atoms with Gasteiger partial charge < -0.3 is 15.2 Å². The molecule has 0 unspecified atom stereocenters. The lowest BCUT2D eigenvalue weighted by atomic mass is 10.1. The summed E-state index contributed by atoms with van der Waals surface area (Å²) < 4.78 is 7.08. The van der Waals surface area contributed by atoms with Crippen molar-refractivity contribution < 1.29 is 14.6 Å². The number of carboxylic acid groups (broad SMARTS) is 1. The van der Waals surface area contributed by atoms with Crippen LogP contribution in [0.15, 0.2) is 47.8 Å².